The maximum atomic E-state index is 12.0. The van der Waals surface area contributed by atoms with E-state index >= 15 is 0 Å². The highest BCUT2D eigenvalue weighted by Gasteiger charge is 2.75. The topological polar surface area (TPSA) is 46.5 Å². The highest BCUT2D eigenvalue weighted by atomic mass is 16.5. The van der Waals surface area contributed by atoms with E-state index in [2.05, 4.69) is 0 Å². The van der Waals surface area contributed by atoms with Gasteiger partial charge in [-0.3, -0.25) is 4.79 Å². The Kier molecular flexibility index (Phi) is 1.91. The number of aliphatic hydroxyl groups is 1. The zero-order valence-corrected chi connectivity index (χ0v) is 9.11. The standard InChI is InChI=1S/C12H18O3/c1-2-15-11(14)12-6-9(12)10(13)7-4-3-5-8(7)12/h7-10,13H,2-6H2,1H3/t7-,8+,9-,10-,12-/m0/s1. The lowest BCUT2D eigenvalue weighted by Crippen LogP contribution is -2.27. The van der Waals surface area contributed by atoms with E-state index in [0.29, 0.717) is 18.4 Å². The molecule has 3 nitrogen and oxygen atoms in total. The van der Waals surface area contributed by atoms with Gasteiger partial charge >= 0.3 is 5.97 Å². The van der Waals surface area contributed by atoms with Crippen molar-refractivity contribution < 1.29 is 14.6 Å². The molecule has 0 unspecified atom stereocenters. The number of rotatable bonds is 2. The zero-order valence-electron chi connectivity index (χ0n) is 9.11. The van der Waals surface area contributed by atoms with Gasteiger partial charge in [0.05, 0.1) is 18.1 Å². The molecule has 5 atom stereocenters. The van der Waals surface area contributed by atoms with Crippen LogP contribution in [0, 0.1) is 23.2 Å². The van der Waals surface area contributed by atoms with Crippen LogP contribution in [0.4, 0.5) is 0 Å². The molecule has 3 aliphatic rings. The molecule has 0 saturated heterocycles. The predicted molar refractivity (Wildman–Crippen MR) is 54.0 cm³/mol. The summed E-state index contributed by atoms with van der Waals surface area (Å²) in [6.07, 6.45) is 4.01. The van der Waals surface area contributed by atoms with Crippen LogP contribution in [0.3, 0.4) is 0 Å². The first kappa shape index (κ1) is 9.64. The zero-order chi connectivity index (χ0) is 10.6. The Labute approximate surface area is 89.8 Å². The highest BCUT2D eigenvalue weighted by molar-refractivity contribution is 5.82. The first-order chi connectivity index (χ1) is 7.21. The van der Waals surface area contributed by atoms with Gasteiger partial charge < -0.3 is 9.84 Å². The molecule has 0 aliphatic heterocycles. The number of fused-ring (bicyclic) bond motifs is 3. The second-order valence-electron chi connectivity index (χ2n) is 5.26. The lowest BCUT2D eigenvalue weighted by atomic mass is 9.85. The number of ether oxygens (including phenoxy) is 1. The van der Waals surface area contributed by atoms with Crippen molar-refractivity contribution in [3.63, 3.8) is 0 Å². The van der Waals surface area contributed by atoms with Gasteiger partial charge in [0.25, 0.3) is 0 Å². The van der Waals surface area contributed by atoms with Crippen LogP contribution in [0.1, 0.15) is 32.6 Å². The monoisotopic (exact) mass is 210 g/mol. The minimum atomic E-state index is -0.267. The summed E-state index contributed by atoms with van der Waals surface area (Å²) in [6, 6.07) is 0. The van der Waals surface area contributed by atoms with Gasteiger partial charge in [-0.2, -0.15) is 0 Å². The number of hydrogen-bond acceptors (Lipinski definition) is 3. The van der Waals surface area contributed by atoms with Gasteiger partial charge in [0.15, 0.2) is 0 Å². The molecule has 15 heavy (non-hydrogen) atoms. The summed E-state index contributed by atoms with van der Waals surface area (Å²) in [5, 5.41) is 10.1. The first-order valence-corrected chi connectivity index (χ1v) is 6.07. The minimum Gasteiger partial charge on any atom is -0.466 e. The molecule has 0 radical (unpaired) electrons. The average Bonchev–Trinajstić information content (AvgIpc) is 2.68. The molecule has 0 aromatic heterocycles. The summed E-state index contributed by atoms with van der Waals surface area (Å²) in [6.45, 7) is 2.31. The van der Waals surface area contributed by atoms with Crippen molar-refractivity contribution in [3.8, 4) is 0 Å². The second kappa shape index (κ2) is 2.97. The van der Waals surface area contributed by atoms with E-state index in [-0.39, 0.29) is 23.4 Å². The molecule has 1 N–H and O–H groups in total. The third kappa shape index (κ3) is 1.02. The van der Waals surface area contributed by atoms with Gasteiger partial charge in [-0.25, -0.2) is 0 Å². The van der Waals surface area contributed by atoms with Gasteiger partial charge in [-0.1, -0.05) is 6.42 Å². The summed E-state index contributed by atoms with van der Waals surface area (Å²) in [5.41, 5.74) is -0.267. The smallest absolute Gasteiger partial charge is 0.312 e. The minimum absolute atomic E-state index is 0.0385. The molecule has 3 rings (SSSR count). The van der Waals surface area contributed by atoms with E-state index in [0.717, 1.165) is 19.3 Å². The van der Waals surface area contributed by atoms with Crippen molar-refractivity contribution in [1.82, 2.24) is 0 Å². The predicted octanol–water partition coefficient (Wildman–Crippen LogP) is 1.35. The maximum Gasteiger partial charge on any atom is 0.312 e. The Hall–Kier alpha value is -0.570. The van der Waals surface area contributed by atoms with E-state index in [1.54, 1.807) is 0 Å². The third-order valence-electron chi connectivity index (χ3n) is 4.80. The molecule has 0 amide bonds. The fourth-order valence-corrected chi connectivity index (χ4v) is 4.14. The normalized spacial score (nSPS) is 51.1. The molecule has 84 valence electrons. The van der Waals surface area contributed by atoms with E-state index in [1.807, 2.05) is 6.92 Å². The Morgan fingerprint density at radius 1 is 1.47 bits per heavy atom. The number of esters is 1. The number of hydrogen-bond donors (Lipinski definition) is 1. The Morgan fingerprint density at radius 2 is 2.27 bits per heavy atom. The summed E-state index contributed by atoms with van der Waals surface area (Å²) in [7, 11) is 0. The molecule has 0 heterocycles. The van der Waals surface area contributed by atoms with Crippen LogP contribution in [0.25, 0.3) is 0 Å². The van der Waals surface area contributed by atoms with Crippen molar-refractivity contribution >= 4 is 5.97 Å². The van der Waals surface area contributed by atoms with E-state index in [4.69, 9.17) is 4.74 Å². The van der Waals surface area contributed by atoms with Crippen LogP contribution in [-0.2, 0) is 9.53 Å². The fourth-order valence-electron chi connectivity index (χ4n) is 4.14. The molecule has 0 aromatic rings. The summed E-state index contributed by atoms with van der Waals surface area (Å²) >= 11 is 0. The van der Waals surface area contributed by atoms with Gasteiger partial charge in [0.2, 0.25) is 0 Å². The maximum absolute atomic E-state index is 12.0. The van der Waals surface area contributed by atoms with Crippen LogP contribution in [0.5, 0.6) is 0 Å². The van der Waals surface area contributed by atoms with Gasteiger partial charge in [0, 0.05) is 5.92 Å². The Bertz CT molecular complexity index is 301. The number of carbonyl (C=O) groups is 1. The summed E-state index contributed by atoms with van der Waals surface area (Å²) < 4.78 is 5.18. The molecule has 3 heteroatoms. The van der Waals surface area contributed by atoms with E-state index < -0.39 is 0 Å². The largest absolute Gasteiger partial charge is 0.466 e. The lowest BCUT2D eigenvalue weighted by Gasteiger charge is -2.22. The number of aliphatic hydroxyl groups excluding tert-OH is 1. The first-order valence-electron chi connectivity index (χ1n) is 6.07. The fraction of sp³-hybridized carbons (Fsp3) is 0.917. The van der Waals surface area contributed by atoms with Gasteiger partial charge in [0.1, 0.15) is 0 Å². The van der Waals surface area contributed by atoms with E-state index in [9.17, 15) is 9.90 Å². The Morgan fingerprint density at radius 3 is 3.00 bits per heavy atom. The quantitative estimate of drug-likeness (QED) is 0.700. The Balaban J connectivity index is 1.86. The third-order valence-corrected chi connectivity index (χ3v) is 4.80. The van der Waals surface area contributed by atoms with Crippen LogP contribution < -0.4 is 0 Å². The van der Waals surface area contributed by atoms with Crippen molar-refractivity contribution in [2.24, 2.45) is 23.2 Å². The molecule has 0 spiro atoms. The van der Waals surface area contributed by atoms with Crippen LogP contribution in [-0.4, -0.2) is 23.8 Å². The average molecular weight is 210 g/mol. The molecule has 0 aromatic carbocycles. The SMILES string of the molecule is CCOC(=O)[C@]12C[C@H]1[C@@H](O)[C@H]1CCC[C@H]12. The summed E-state index contributed by atoms with van der Waals surface area (Å²) in [4.78, 5) is 12.0. The van der Waals surface area contributed by atoms with Crippen molar-refractivity contribution in [2.75, 3.05) is 6.61 Å². The van der Waals surface area contributed by atoms with E-state index in [1.165, 1.54) is 6.42 Å². The molecule has 3 saturated carbocycles. The molecular formula is C12H18O3. The molecule has 3 aliphatic carbocycles. The highest BCUT2D eigenvalue weighted by Crippen LogP contribution is 2.72. The second-order valence-corrected chi connectivity index (χ2v) is 5.26. The van der Waals surface area contributed by atoms with Crippen molar-refractivity contribution in [3.05, 3.63) is 0 Å². The van der Waals surface area contributed by atoms with Crippen LogP contribution in [0.2, 0.25) is 0 Å². The van der Waals surface area contributed by atoms with Gasteiger partial charge in [-0.15, -0.1) is 0 Å². The summed E-state index contributed by atoms with van der Waals surface area (Å²) in [5.74, 6) is 0.972. The van der Waals surface area contributed by atoms with Crippen molar-refractivity contribution in [1.29, 1.82) is 0 Å². The molecular weight excluding hydrogens is 192 g/mol. The van der Waals surface area contributed by atoms with Gasteiger partial charge in [-0.05, 0) is 38.0 Å². The van der Waals surface area contributed by atoms with Crippen molar-refractivity contribution in [2.45, 2.75) is 38.7 Å². The molecule has 3 fully saturated rings. The lowest BCUT2D eigenvalue weighted by molar-refractivity contribution is -0.152. The van der Waals surface area contributed by atoms with Crippen LogP contribution >= 0.6 is 0 Å². The molecule has 0 bridgehead atoms. The van der Waals surface area contributed by atoms with Crippen LogP contribution in [0.15, 0.2) is 0 Å². The number of carbonyl (C=O) groups excluding carboxylic acids is 1.